The molecule has 5 nitrogen and oxygen atoms in total. The first-order valence-corrected chi connectivity index (χ1v) is 11.8. The molecule has 0 aliphatic carbocycles. The van der Waals surface area contributed by atoms with E-state index in [2.05, 4.69) is 26.0 Å². The zero-order valence-electron chi connectivity index (χ0n) is 17.0. The van der Waals surface area contributed by atoms with E-state index in [4.69, 9.17) is 14.2 Å². The molecule has 6 heteroatoms. The van der Waals surface area contributed by atoms with Gasteiger partial charge in [0.25, 0.3) is 0 Å². The van der Waals surface area contributed by atoms with Gasteiger partial charge in [-0.25, -0.2) is 0 Å². The second-order valence-corrected chi connectivity index (χ2v) is 9.98. The van der Waals surface area contributed by atoms with Gasteiger partial charge < -0.3 is 0 Å². The standard InChI is InChI=1S/C23H28O5Se/c1-23(2)19(15-29-17-12-8-5-9-13-17)27-18(14-24)20(21(23)26-3)28-22(25)16-10-6-4-7-11-16/h4-13,18-21,24H,14-15H2,1-3H3/t18-,19-,20+,21-/m1/s1. The average molecular weight is 463 g/mol. The summed E-state index contributed by atoms with van der Waals surface area (Å²) in [5, 5.41) is 10.8. The van der Waals surface area contributed by atoms with Crippen molar-refractivity contribution < 1.29 is 24.1 Å². The Bertz CT molecular complexity index is 780. The van der Waals surface area contributed by atoms with E-state index in [1.165, 1.54) is 4.46 Å². The van der Waals surface area contributed by atoms with Crippen molar-refractivity contribution in [1.82, 2.24) is 0 Å². The van der Waals surface area contributed by atoms with E-state index in [1.807, 2.05) is 24.3 Å². The van der Waals surface area contributed by atoms with Crippen LogP contribution in [0, 0.1) is 5.41 Å². The molecule has 4 atom stereocenters. The molecule has 29 heavy (non-hydrogen) atoms. The summed E-state index contributed by atoms with van der Waals surface area (Å²) in [6, 6.07) is 19.2. The van der Waals surface area contributed by atoms with Gasteiger partial charge in [0.15, 0.2) is 0 Å². The minimum absolute atomic E-state index is 0.114. The zero-order chi connectivity index (χ0) is 20.9. The first kappa shape index (κ1) is 22.0. The molecule has 1 aliphatic rings. The number of carbonyl (C=O) groups is 1. The van der Waals surface area contributed by atoms with Crippen molar-refractivity contribution >= 4 is 25.4 Å². The van der Waals surface area contributed by atoms with Crippen molar-refractivity contribution in [1.29, 1.82) is 0 Å². The molecule has 1 aliphatic heterocycles. The van der Waals surface area contributed by atoms with Crippen LogP contribution in [0.3, 0.4) is 0 Å². The zero-order valence-corrected chi connectivity index (χ0v) is 18.7. The molecule has 0 unspecified atom stereocenters. The molecule has 3 rings (SSSR count). The Morgan fingerprint density at radius 1 is 1.10 bits per heavy atom. The van der Waals surface area contributed by atoms with Crippen LogP contribution in [-0.4, -0.2) is 64.2 Å². The van der Waals surface area contributed by atoms with Gasteiger partial charge in [-0.3, -0.25) is 0 Å². The summed E-state index contributed by atoms with van der Waals surface area (Å²) in [5.41, 5.74) is 0.0740. The molecular weight excluding hydrogens is 435 g/mol. The third-order valence-electron chi connectivity index (χ3n) is 5.40. The van der Waals surface area contributed by atoms with Crippen LogP contribution in [0.1, 0.15) is 24.2 Å². The van der Waals surface area contributed by atoms with Crippen LogP contribution in [0.5, 0.6) is 0 Å². The predicted molar refractivity (Wildman–Crippen MR) is 113 cm³/mol. The van der Waals surface area contributed by atoms with Crippen LogP contribution in [0.4, 0.5) is 0 Å². The first-order chi connectivity index (χ1) is 14.0. The Balaban J connectivity index is 1.76. The quantitative estimate of drug-likeness (QED) is 0.505. The van der Waals surface area contributed by atoms with E-state index in [0.29, 0.717) is 5.56 Å². The topological polar surface area (TPSA) is 65.0 Å². The van der Waals surface area contributed by atoms with Gasteiger partial charge in [0.05, 0.1) is 0 Å². The monoisotopic (exact) mass is 464 g/mol. The van der Waals surface area contributed by atoms with Gasteiger partial charge in [0.2, 0.25) is 0 Å². The van der Waals surface area contributed by atoms with Crippen LogP contribution in [-0.2, 0) is 14.2 Å². The van der Waals surface area contributed by atoms with Crippen LogP contribution in [0.15, 0.2) is 60.7 Å². The second-order valence-electron chi connectivity index (χ2n) is 7.68. The van der Waals surface area contributed by atoms with Crippen molar-refractivity contribution in [2.24, 2.45) is 5.41 Å². The molecule has 0 bridgehead atoms. The molecule has 0 saturated carbocycles. The van der Waals surface area contributed by atoms with Gasteiger partial charge in [-0.05, 0) is 0 Å². The van der Waals surface area contributed by atoms with Crippen LogP contribution in [0.2, 0.25) is 5.32 Å². The van der Waals surface area contributed by atoms with Gasteiger partial charge in [0, 0.05) is 0 Å². The Kier molecular flexibility index (Phi) is 7.49. The number of methoxy groups -OCH3 is 1. The molecule has 2 aromatic rings. The van der Waals surface area contributed by atoms with E-state index in [0.717, 1.165) is 5.32 Å². The summed E-state index contributed by atoms with van der Waals surface area (Å²) in [6.45, 7) is 3.91. The molecule has 1 saturated heterocycles. The Morgan fingerprint density at radius 2 is 1.72 bits per heavy atom. The third kappa shape index (κ3) is 5.08. The summed E-state index contributed by atoms with van der Waals surface area (Å²) >= 11 is 0.231. The number of benzene rings is 2. The molecule has 156 valence electrons. The first-order valence-electron chi connectivity index (χ1n) is 9.70. The molecule has 1 N–H and O–H groups in total. The molecule has 1 fully saturated rings. The van der Waals surface area contributed by atoms with Crippen molar-refractivity contribution in [3.05, 3.63) is 66.2 Å². The maximum atomic E-state index is 12.6. The second kappa shape index (κ2) is 9.88. The van der Waals surface area contributed by atoms with Crippen LogP contribution >= 0.6 is 0 Å². The summed E-state index contributed by atoms with van der Waals surface area (Å²) in [4.78, 5) is 12.6. The number of esters is 1. The number of rotatable bonds is 7. The molecular formula is C23H28O5Se. The van der Waals surface area contributed by atoms with Gasteiger partial charge in [-0.2, -0.15) is 0 Å². The molecule has 1 heterocycles. The van der Waals surface area contributed by atoms with Gasteiger partial charge in [-0.1, -0.05) is 0 Å². The fourth-order valence-electron chi connectivity index (χ4n) is 3.70. The number of aliphatic hydroxyl groups excluding tert-OH is 1. The van der Waals surface area contributed by atoms with Gasteiger partial charge in [-0.15, -0.1) is 0 Å². The molecule has 0 amide bonds. The predicted octanol–water partition coefficient (Wildman–Crippen LogP) is 2.46. The number of hydrogen-bond donors (Lipinski definition) is 1. The molecule has 0 spiro atoms. The summed E-state index contributed by atoms with van der Waals surface area (Å²) in [5.74, 6) is -0.442. The van der Waals surface area contributed by atoms with Crippen molar-refractivity contribution in [3.63, 3.8) is 0 Å². The minimum atomic E-state index is -0.687. The van der Waals surface area contributed by atoms with Crippen LogP contribution < -0.4 is 4.46 Å². The Labute approximate surface area is 178 Å². The SMILES string of the molecule is CO[C@@H]1[C@@H](OC(=O)c2ccccc2)[C@@H](CO)O[C@H](C[Se]c2ccccc2)C1(C)C. The van der Waals surface area contributed by atoms with Crippen molar-refractivity contribution in [2.75, 3.05) is 13.7 Å². The normalized spacial score (nSPS) is 26.1. The molecule has 0 radical (unpaired) electrons. The number of carbonyl (C=O) groups excluding carboxylic acids is 1. The van der Waals surface area contributed by atoms with Crippen molar-refractivity contribution in [3.8, 4) is 0 Å². The summed E-state index contributed by atoms with van der Waals surface area (Å²) < 4.78 is 19.2. The summed E-state index contributed by atoms with van der Waals surface area (Å²) in [6.07, 6.45) is -1.82. The molecule has 0 aromatic heterocycles. The van der Waals surface area contributed by atoms with E-state index >= 15 is 0 Å². The summed E-state index contributed by atoms with van der Waals surface area (Å²) in [7, 11) is 1.62. The fraction of sp³-hybridized carbons (Fsp3) is 0.435. The number of ether oxygens (including phenoxy) is 3. The van der Waals surface area contributed by atoms with Gasteiger partial charge in [0.1, 0.15) is 0 Å². The van der Waals surface area contributed by atoms with E-state index in [-0.39, 0.29) is 27.7 Å². The van der Waals surface area contributed by atoms with Crippen LogP contribution in [0.25, 0.3) is 0 Å². The average Bonchev–Trinajstić information content (AvgIpc) is 2.74. The fourth-order valence-corrected chi connectivity index (χ4v) is 6.22. The maximum absolute atomic E-state index is 12.6. The van der Waals surface area contributed by atoms with E-state index < -0.39 is 29.7 Å². The third-order valence-corrected chi connectivity index (χ3v) is 7.65. The van der Waals surface area contributed by atoms with E-state index in [9.17, 15) is 9.90 Å². The Hall–Kier alpha value is -1.69. The van der Waals surface area contributed by atoms with Gasteiger partial charge >= 0.3 is 178 Å². The van der Waals surface area contributed by atoms with E-state index in [1.54, 1.807) is 31.4 Å². The number of aliphatic hydroxyl groups is 1. The van der Waals surface area contributed by atoms with Crippen molar-refractivity contribution in [2.45, 2.75) is 43.6 Å². The Morgan fingerprint density at radius 3 is 2.31 bits per heavy atom. The number of hydrogen-bond acceptors (Lipinski definition) is 5. The molecule has 2 aromatic carbocycles.